The number of benzene rings is 2. The lowest BCUT2D eigenvalue weighted by Gasteiger charge is -2.18. The molecule has 0 radical (unpaired) electrons. The predicted molar refractivity (Wildman–Crippen MR) is 96.0 cm³/mol. The van der Waals surface area contributed by atoms with Gasteiger partial charge in [-0.3, -0.25) is 9.52 Å². The third kappa shape index (κ3) is 3.43. The van der Waals surface area contributed by atoms with Crippen LogP contribution in [-0.2, 0) is 16.4 Å². The van der Waals surface area contributed by atoms with Gasteiger partial charge < -0.3 is 4.90 Å². The van der Waals surface area contributed by atoms with Crippen molar-refractivity contribution in [3.05, 3.63) is 59.7 Å². The summed E-state index contributed by atoms with van der Waals surface area (Å²) in [5.74, 6) is -0.0542. The zero-order valence-electron chi connectivity index (χ0n) is 13.5. The summed E-state index contributed by atoms with van der Waals surface area (Å²) in [6, 6.07) is 14.5. The number of carbonyl (C=O) groups excluding carboxylic acids is 1. The van der Waals surface area contributed by atoms with Crippen LogP contribution in [0.25, 0.3) is 0 Å². The van der Waals surface area contributed by atoms with Crippen molar-refractivity contribution < 1.29 is 13.2 Å². The standard InChI is InChI=1S/C18H20N2O3S/c1-2-12-24(22,23)19-16-8-5-7-15(13-16)18(21)20-11-10-14-6-3-4-9-17(14)20/h3-9,13,19H,2,10-12H2,1H3. The van der Waals surface area contributed by atoms with Crippen molar-refractivity contribution in [1.82, 2.24) is 0 Å². The molecule has 0 bridgehead atoms. The lowest BCUT2D eigenvalue weighted by atomic mass is 10.1. The van der Waals surface area contributed by atoms with Crippen LogP contribution in [0, 0.1) is 0 Å². The van der Waals surface area contributed by atoms with Crippen molar-refractivity contribution in [2.45, 2.75) is 19.8 Å². The minimum absolute atomic E-state index is 0.0602. The summed E-state index contributed by atoms with van der Waals surface area (Å²) < 4.78 is 26.3. The maximum Gasteiger partial charge on any atom is 0.258 e. The molecule has 0 saturated carbocycles. The molecule has 6 heteroatoms. The van der Waals surface area contributed by atoms with Crippen molar-refractivity contribution in [2.24, 2.45) is 0 Å². The van der Waals surface area contributed by atoms with E-state index in [1.807, 2.05) is 31.2 Å². The lowest BCUT2D eigenvalue weighted by Crippen LogP contribution is -2.29. The monoisotopic (exact) mass is 344 g/mol. The number of para-hydroxylation sites is 1. The van der Waals surface area contributed by atoms with E-state index in [1.54, 1.807) is 29.2 Å². The van der Waals surface area contributed by atoms with E-state index in [0.717, 1.165) is 17.7 Å². The zero-order chi connectivity index (χ0) is 17.2. The minimum atomic E-state index is -3.37. The normalized spacial score (nSPS) is 13.6. The van der Waals surface area contributed by atoms with Crippen LogP contribution in [-0.4, -0.2) is 26.6 Å². The van der Waals surface area contributed by atoms with Gasteiger partial charge in [0.25, 0.3) is 5.91 Å². The van der Waals surface area contributed by atoms with Crippen LogP contribution < -0.4 is 9.62 Å². The van der Waals surface area contributed by atoms with Gasteiger partial charge >= 0.3 is 0 Å². The molecule has 1 N–H and O–H groups in total. The van der Waals surface area contributed by atoms with E-state index in [9.17, 15) is 13.2 Å². The smallest absolute Gasteiger partial charge is 0.258 e. The van der Waals surface area contributed by atoms with E-state index in [2.05, 4.69) is 4.72 Å². The second-order valence-corrected chi connectivity index (χ2v) is 7.68. The SMILES string of the molecule is CCCS(=O)(=O)Nc1cccc(C(=O)N2CCc3ccccc32)c1. The molecular formula is C18H20N2O3S. The van der Waals surface area contributed by atoms with Gasteiger partial charge in [-0.2, -0.15) is 0 Å². The van der Waals surface area contributed by atoms with Gasteiger partial charge in [0, 0.05) is 23.5 Å². The Balaban J connectivity index is 1.83. The average Bonchev–Trinajstić information content (AvgIpc) is 2.98. The molecule has 2 aromatic carbocycles. The number of fused-ring (bicyclic) bond motifs is 1. The van der Waals surface area contributed by atoms with Gasteiger partial charge in [-0.15, -0.1) is 0 Å². The summed E-state index contributed by atoms with van der Waals surface area (Å²) in [7, 11) is -3.37. The Morgan fingerprint density at radius 3 is 2.75 bits per heavy atom. The molecule has 1 heterocycles. The molecule has 0 fully saturated rings. The van der Waals surface area contributed by atoms with Crippen LogP contribution in [0.1, 0.15) is 29.3 Å². The number of nitrogens with one attached hydrogen (secondary N) is 1. The zero-order valence-corrected chi connectivity index (χ0v) is 14.3. The van der Waals surface area contributed by atoms with Gasteiger partial charge in [0.2, 0.25) is 10.0 Å². The summed E-state index contributed by atoms with van der Waals surface area (Å²) in [5.41, 5.74) is 2.98. The summed E-state index contributed by atoms with van der Waals surface area (Å²) in [6.45, 7) is 2.45. The van der Waals surface area contributed by atoms with Crippen molar-refractivity contribution >= 4 is 27.3 Å². The van der Waals surface area contributed by atoms with E-state index in [0.29, 0.717) is 24.2 Å². The molecule has 0 spiro atoms. The summed E-state index contributed by atoms with van der Waals surface area (Å²) >= 11 is 0. The molecule has 126 valence electrons. The number of sulfonamides is 1. The highest BCUT2D eigenvalue weighted by atomic mass is 32.2. The number of hydrogen-bond acceptors (Lipinski definition) is 3. The minimum Gasteiger partial charge on any atom is -0.308 e. The first kappa shape index (κ1) is 16.5. The molecule has 0 aliphatic carbocycles. The number of hydrogen-bond donors (Lipinski definition) is 1. The van der Waals surface area contributed by atoms with Gasteiger partial charge in [0.05, 0.1) is 5.75 Å². The Kier molecular flexibility index (Phi) is 4.57. The van der Waals surface area contributed by atoms with E-state index in [-0.39, 0.29) is 11.7 Å². The first-order valence-corrected chi connectivity index (χ1v) is 9.66. The third-order valence-electron chi connectivity index (χ3n) is 3.99. The number of anilines is 2. The molecular weight excluding hydrogens is 324 g/mol. The van der Waals surface area contributed by atoms with Crippen LogP contribution in [0.3, 0.4) is 0 Å². The van der Waals surface area contributed by atoms with Gasteiger partial charge in [-0.05, 0) is 42.7 Å². The Hall–Kier alpha value is -2.34. The Morgan fingerprint density at radius 1 is 1.17 bits per heavy atom. The highest BCUT2D eigenvalue weighted by Gasteiger charge is 2.25. The fourth-order valence-electron chi connectivity index (χ4n) is 2.92. The maximum absolute atomic E-state index is 12.8. The second kappa shape index (κ2) is 6.65. The fourth-order valence-corrected chi connectivity index (χ4v) is 4.05. The molecule has 0 atom stereocenters. The van der Waals surface area contributed by atoms with Crippen LogP contribution in [0.5, 0.6) is 0 Å². The molecule has 5 nitrogen and oxygen atoms in total. The number of nitrogens with zero attached hydrogens (tertiary/aromatic N) is 1. The van der Waals surface area contributed by atoms with Gasteiger partial charge in [0.15, 0.2) is 0 Å². The molecule has 1 aliphatic rings. The van der Waals surface area contributed by atoms with Gasteiger partial charge in [-0.1, -0.05) is 31.2 Å². The van der Waals surface area contributed by atoms with Gasteiger partial charge in [-0.25, -0.2) is 8.42 Å². The fraction of sp³-hybridized carbons (Fsp3) is 0.278. The maximum atomic E-state index is 12.8. The molecule has 2 aromatic rings. The first-order valence-electron chi connectivity index (χ1n) is 8.00. The van der Waals surface area contributed by atoms with E-state index < -0.39 is 10.0 Å². The van der Waals surface area contributed by atoms with Crippen LogP contribution in [0.4, 0.5) is 11.4 Å². The summed E-state index contributed by atoms with van der Waals surface area (Å²) in [5, 5.41) is 0. The number of amides is 1. The third-order valence-corrected chi connectivity index (χ3v) is 5.48. The van der Waals surface area contributed by atoms with E-state index in [4.69, 9.17) is 0 Å². The summed E-state index contributed by atoms with van der Waals surface area (Å²) in [4.78, 5) is 14.5. The molecule has 0 saturated heterocycles. The van der Waals surface area contributed by atoms with Crippen molar-refractivity contribution in [3.8, 4) is 0 Å². The molecule has 1 amide bonds. The van der Waals surface area contributed by atoms with Crippen molar-refractivity contribution in [3.63, 3.8) is 0 Å². The second-order valence-electron chi connectivity index (χ2n) is 5.84. The Morgan fingerprint density at radius 2 is 1.96 bits per heavy atom. The summed E-state index contributed by atoms with van der Waals surface area (Å²) in [6.07, 6.45) is 1.38. The van der Waals surface area contributed by atoms with Crippen LogP contribution in [0.15, 0.2) is 48.5 Å². The highest BCUT2D eigenvalue weighted by Crippen LogP contribution is 2.29. The molecule has 0 unspecified atom stereocenters. The highest BCUT2D eigenvalue weighted by molar-refractivity contribution is 7.92. The molecule has 24 heavy (non-hydrogen) atoms. The van der Waals surface area contributed by atoms with E-state index in [1.165, 1.54) is 0 Å². The lowest BCUT2D eigenvalue weighted by molar-refractivity contribution is 0.0989. The first-order chi connectivity index (χ1) is 11.5. The topological polar surface area (TPSA) is 66.5 Å². The average molecular weight is 344 g/mol. The Labute approximate surface area is 142 Å². The number of rotatable bonds is 5. The van der Waals surface area contributed by atoms with Crippen molar-refractivity contribution in [2.75, 3.05) is 21.9 Å². The quantitative estimate of drug-likeness (QED) is 0.906. The molecule has 3 rings (SSSR count). The molecule has 1 aliphatic heterocycles. The van der Waals surface area contributed by atoms with E-state index >= 15 is 0 Å². The van der Waals surface area contributed by atoms with Crippen LogP contribution >= 0.6 is 0 Å². The molecule has 0 aromatic heterocycles. The van der Waals surface area contributed by atoms with Crippen LogP contribution in [0.2, 0.25) is 0 Å². The van der Waals surface area contributed by atoms with Crippen molar-refractivity contribution in [1.29, 1.82) is 0 Å². The largest absolute Gasteiger partial charge is 0.308 e. The van der Waals surface area contributed by atoms with Gasteiger partial charge in [0.1, 0.15) is 0 Å². The number of carbonyl (C=O) groups is 1. The predicted octanol–water partition coefficient (Wildman–Crippen LogP) is 3.04. The Bertz CT molecular complexity index is 862.